The minimum Gasteiger partial charge on any atom is -0.493 e. The molecule has 0 saturated heterocycles. The maximum Gasteiger partial charge on any atom is 0.335 e. The van der Waals surface area contributed by atoms with Gasteiger partial charge in [0.05, 0.1) is 18.8 Å². The number of hydrogen-bond acceptors (Lipinski definition) is 3. The summed E-state index contributed by atoms with van der Waals surface area (Å²) in [6, 6.07) is 4.63. The molecule has 0 saturated carbocycles. The minimum absolute atomic E-state index is 0.125. The van der Waals surface area contributed by atoms with Gasteiger partial charge in [-0.15, -0.1) is 0 Å². The van der Waals surface area contributed by atoms with Gasteiger partial charge in [0.2, 0.25) is 0 Å². The molecule has 0 fully saturated rings. The maximum atomic E-state index is 10.8. The number of benzene rings is 1. The second kappa shape index (κ2) is 6.13. The molecule has 94 valence electrons. The average Bonchev–Trinajstić information content (AvgIpc) is 2.35. The van der Waals surface area contributed by atoms with Crippen molar-refractivity contribution in [1.29, 1.82) is 0 Å². The van der Waals surface area contributed by atoms with E-state index in [0.29, 0.717) is 11.5 Å². The van der Waals surface area contributed by atoms with Crippen molar-refractivity contribution in [2.75, 3.05) is 7.11 Å². The molecular formula is C13H18O4. The zero-order chi connectivity index (χ0) is 12.8. The summed E-state index contributed by atoms with van der Waals surface area (Å²) in [5, 5.41) is 8.87. The summed E-state index contributed by atoms with van der Waals surface area (Å²) in [7, 11) is 1.50. The Labute approximate surface area is 101 Å². The van der Waals surface area contributed by atoms with Gasteiger partial charge in [0, 0.05) is 0 Å². The highest BCUT2D eigenvalue weighted by atomic mass is 16.5. The first-order valence-electron chi connectivity index (χ1n) is 5.70. The molecule has 0 atom stereocenters. The first-order chi connectivity index (χ1) is 8.12. The smallest absolute Gasteiger partial charge is 0.335 e. The number of hydrogen-bond donors (Lipinski definition) is 1. The van der Waals surface area contributed by atoms with Crippen LogP contribution in [0.2, 0.25) is 0 Å². The molecule has 1 N–H and O–H groups in total. The van der Waals surface area contributed by atoms with Crippen LogP contribution < -0.4 is 9.47 Å². The molecule has 0 aliphatic heterocycles. The molecule has 4 heteroatoms. The Kier molecular flexibility index (Phi) is 4.82. The fraction of sp³-hybridized carbons (Fsp3) is 0.462. The topological polar surface area (TPSA) is 55.8 Å². The first-order valence-corrected chi connectivity index (χ1v) is 5.70. The van der Waals surface area contributed by atoms with Crippen LogP contribution in [0.4, 0.5) is 0 Å². The second-order valence-corrected chi connectivity index (χ2v) is 3.73. The van der Waals surface area contributed by atoms with Crippen molar-refractivity contribution in [1.82, 2.24) is 0 Å². The molecule has 0 amide bonds. The van der Waals surface area contributed by atoms with Crippen LogP contribution in [0.1, 0.15) is 37.0 Å². The van der Waals surface area contributed by atoms with Crippen molar-refractivity contribution >= 4 is 5.97 Å². The van der Waals surface area contributed by atoms with Gasteiger partial charge in [-0.2, -0.15) is 0 Å². The van der Waals surface area contributed by atoms with Crippen LogP contribution in [0.15, 0.2) is 18.2 Å². The van der Waals surface area contributed by atoms with Crippen LogP contribution in [0.25, 0.3) is 0 Å². The fourth-order valence-electron chi connectivity index (χ4n) is 1.53. The number of aromatic carboxylic acids is 1. The lowest BCUT2D eigenvalue weighted by atomic mass is 10.2. The van der Waals surface area contributed by atoms with Crippen LogP contribution in [0.3, 0.4) is 0 Å². The highest BCUT2D eigenvalue weighted by Crippen LogP contribution is 2.29. The van der Waals surface area contributed by atoms with Crippen molar-refractivity contribution in [2.45, 2.75) is 32.8 Å². The van der Waals surface area contributed by atoms with E-state index in [9.17, 15) is 4.79 Å². The summed E-state index contributed by atoms with van der Waals surface area (Å²) in [5.74, 6) is 0.0698. The molecule has 0 aliphatic carbocycles. The fourth-order valence-corrected chi connectivity index (χ4v) is 1.53. The third kappa shape index (κ3) is 3.37. The van der Waals surface area contributed by atoms with E-state index in [4.69, 9.17) is 14.6 Å². The third-order valence-electron chi connectivity index (χ3n) is 2.61. The van der Waals surface area contributed by atoms with Gasteiger partial charge in [-0.3, -0.25) is 0 Å². The van der Waals surface area contributed by atoms with Gasteiger partial charge < -0.3 is 14.6 Å². The van der Waals surface area contributed by atoms with Gasteiger partial charge in [0.1, 0.15) is 0 Å². The van der Waals surface area contributed by atoms with Gasteiger partial charge in [-0.1, -0.05) is 13.8 Å². The predicted octanol–water partition coefficient (Wildman–Crippen LogP) is 2.96. The van der Waals surface area contributed by atoms with Crippen LogP contribution in [-0.4, -0.2) is 24.3 Å². The van der Waals surface area contributed by atoms with E-state index >= 15 is 0 Å². The Bertz CT molecular complexity index is 383. The van der Waals surface area contributed by atoms with E-state index in [1.54, 1.807) is 6.07 Å². The number of methoxy groups -OCH3 is 1. The van der Waals surface area contributed by atoms with Gasteiger partial charge in [0.15, 0.2) is 11.5 Å². The van der Waals surface area contributed by atoms with E-state index in [-0.39, 0.29) is 11.7 Å². The maximum absolute atomic E-state index is 10.8. The zero-order valence-corrected chi connectivity index (χ0v) is 10.4. The quantitative estimate of drug-likeness (QED) is 0.827. The van der Waals surface area contributed by atoms with Crippen molar-refractivity contribution in [3.63, 3.8) is 0 Å². The van der Waals surface area contributed by atoms with E-state index in [1.165, 1.54) is 19.2 Å². The van der Waals surface area contributed by atoms with E-state index < -0.39 is 5.97 Å². The third-order valence-corrected chi connectivity index (χ3v) is 2.61. The molecule has 1 aromatic carbocycles. The summed E-state index contributed by atoms with van der Waals surface area (Å²) in [6.45, 7) is 4.10. The number of carboxylic acid groups (broad SMARTS) is 1. The Hall–Kier alpha value is -1.71. The number of carbonyl (C=O) groups is 1. The Balaban J connectivity index is 2.96. The van der Waals surface area contributed by atoms with Crippen LogP contribution in [0.5, 0.6) is 11.5 Å². The van der Waals surface area contributed by atoms with Gasteiger partial charge in [-0.25, -0.2) is 4.79 Å². The summed E-state index contributed by atoms with van der Waals surface area (Å²) in [6.07, 6.45) is 1.93. The van der Waals surface area contributed by atoms with E-state index in [0.717, 1.165) is 12.8 Å². The Morgan fingerprint density at radius 1 is 1.29 bits per heavy atom. The largest absolute Gasteiger partial charge is 0.493 e. The molecule has 0 bridgehead atoms. The van der Waals surface area contributed by atoms with Gasteiger partial charge in [0.25, 0.3) is 0 Å². The summed E-state index contributed by atoms with van der Waals surface area (Å²) < 4.78 is 10.9. The van der Waals surface area contributed by atoms with Crippen LogP contribution in [-0.2, 0) is 0 Å². The van der Waals surface area contributed by atoms with Crippen molar-refractivity contribution in [3.05, 3.63) is 23.8 Å². The molecule has 0 heterocycles. The molecule has 0 radical (unpaired) electrons. The molecule has 1 rings (SSSR count). The minimum atomic E-state index is -0.975. The Morgan fingerprint density at radius 2 is 1.94 bits per heavy atom. The lowest BCUT2D eigenvalue weighted by Gasteiger charge is -2.17. The van der Waals surface area contributed by atoms with E-state index in [2.05, 4.69) is 0 Å². The summed E-state index contributed by atoms with van der Waals surface area (Å²) in [5.41, 5.74) is 0.193. The lowest BCUT2D eigenvalue weighted by molar-refractivity contribution is 0.0696. The highest BCUT2D eigenvalue weighted by molar-refractivity contribution is 5.88. The second-order valence-electron chi connectivity index (χ2n) is 3.73. The zero-order valence-electron chi connectivity index (χ0n) is 10.4. The highest BCUT2D eigenvalue weighted by Gasteiger charge is 2.13. The molecule has 0 aromatic heterocycles. The molecule has 17 heavy (non-hydrogen) atoms. The molecule has 0 unspecified atom stereocenters. The van der Waals surface area contributed by atoms with E-state index in [1.807, 2.05) is 13.8 Å². The van der Waals surface area contributed by atoms with Crippen LogP contribution in [0, 0.1) is 0 Å². The molecule has 4 nitrogen and oxygen atoms in total. The first kappa shape index (κ1) is 13.4. The lowest BCUT2D eigenvalue weighted by Crippen LogP contribution is -2.14. The number of ether oxygens (including phenoxy) is 2. The van der Waals surface area contributed by atoms with Crippen molar-refractivity contribution in [2.24, 2.45) is 0 Å². The van der Waals surface area contributed by atoms with Crippen molar-refractivity contribution < 1.29 is 19.4 Å². The summed E-state index contributed by atoms with van der Waals surface area (Å²) in [4.78, 5) is 10.8. The monoisotopic (exact) mass is 238 g/mol. The van der Waals surface area contributed by atoms with Crippen LogP contribution >= 0.6 is 0 Å². The molecular weight excluding hydrogens is 220 g/mol. The normalized spacial score (nSPS) is 10.4. The molecule has 0 spiro atoms. The molecule has 0 aliphatic rings. The molecule has 1 aromatic rings. The van der Waals surface area contributed by atoms with Gasteiger partial charge in [-0.05, 0) is 31.0 Å². The predicted molar refractivity (Wildman–Crippen MR) is 65.0 cm³/mol. The number of rotatable bonds is 6. The average molecular weight is 238 g/mol. The van der Waals surface area contributed by atoms with Gasteiger partial charge >= 0.3 is 5.97 Å². The standard InChI is InChI=1S/C13H18O4/c1-4-10(5-2)17-11-7-6-9(13(14)15)8-12(11)16-3/h6-8,10H,4-5H2,1-3H3,(H,14,15). The SMILES string of the molecule is CCC(CC)Oc1ccc(C(=O)O)cc1OC. The number of carboxylic acids is 1. The van der Waals surface area contributed by atoms with Crippen molar-refractivity contribution in [3.8, 4) is 11.5 Å². The Morgan fingerprint density at radius 3 is 2.41 bits per heavy atom. The summed E-state index contributed by atoms with van der Waals surface area (Å²) >= 11 is 0.